The quantitative estimate of drug-likeness (QED) is 0.671. The van der Waals surface area contributed by atoms with Crippen molar-refractivity contribution >= 4 is 5.57 Å². The summed E-state index contributed by atoms with van der Waals surface area (Å²) >= 11 is 0. The highest BCUT2D eigenvalue weighted by atomic mass is 16.3. The van der Waals surface area contributed by atoms with Gasteiger partial charge in [-0.1, -0.05) is 6.08 Å². The lowest BCUT2D eigenvalue weighted by Gasteiger charge is -2.11. The number of hydrogen-bond acceptors (Lipinski definition) is 2. The number of phenols is 2. The Morgan fingerprint density at radius 3 is 2.29 bits per heavy atom. The molecular formula is C12H16O2. The van der Waals surface area contributed by atoms with Crippen LogP contribution in [-0.2, 0) is 0 Å². The van der Waals surface area contributed by atoms with Crippen molar-refractivity contribution in [2.75, 3.05) is 0 Å². The summed E-state index contributed by atoms with van der Waals surface area (Å²) in [6, 6.07) is 1.60. The van der Waals surface area contributed by atoms with Gasteiger partial charge < -0.3 is 10.2 Å². The zero-order valence-electron chi connectivity index (χ0n) is 9.05. The molecule has 1 rings (SSSR count). The molecule has 0 atom stereocenters. The van der Waals surface area contributed by atoms with E-state index in [1.807, 2.05) is 19.9 Å². The Bertz CT molecular complexity index is 390. The molecule has 0 amide bonds. The Hall–Kier alpha value is -1.44. The molecule has 0 heterocycles. The normalized spacial score (nSPS) is 11.9. The molecule has 0 aromatic heterocycles. The zero-order valence-corrected chi connectivity index (χ0v) is 9.05. The Balaban J connectivity index is 3.48. The van der Waals surface area contributed by atoms with Gasteiger partial charge in [0.2, 0.25) is 0 Å². The van der Waals surface area contributed by atoms with Crippen molar-refractivity contribution in [1.82, 2.24) is 0 Å². The van der Waals surface area contributed by atoms with Crippen LogP contribution in [-0.4, -0.2) is 10.2 Å². The highest BCUT2D eigenvalue weighted by Gasteiger charge is 2.11. The minimum Gasteiger partial charge on any atom is -0.508 e. The fourth-order valence-corrected chi connectivity index (χ4v) is 1.34. The predicted octanol–water partition coefficient (Wildman–Crippen LogP) is 3.14. The van der Waals surface area contributed by atoms with E-state index < -0.39 is 0 Å². The second kappa shape index (κ2) is 3.74. The van der Waals surface area contributed by atoms with E-state index >= 15 is 0 Å². The van der Waals surface area contributed by atoms with Crippen LogP contribution < -0.4 is 0 Å². The van der Waals surface area contributed by atoms with Gasteiger partial charge in [0.15, 0.2) is 0 Å². The van der Waals surface area contributed by atoms with Crippen molar-refractivity contribution in [3.05, 3.63) is 28.8 Å². The zero-order chi connectivity index (χ0) is 10.9. The Labute approximate surface area is 84.5 Å². The van der Waals surface area contributed by atoms with Crippen LogP contribution in [0.2, 0.25) is 0 Å². The molecule has 0 radical (unpaired) electrons. The molecule has 76 valence electrons. The molecular weight excluding hydrogens is 176 g/mol. The van der Waals surface area contributed by atoms with Crippen LogP contribution in [0, 0.1) is 13.8 Å². The maximum Gasteiger partial charge on any atom is 0.126 e. The molecule has 1 aromatic rings. The Morgan fingerprint density at radius 2 is 1.79 bits per heavy atom. The molecule has 2 N–H and O–H groups in total. The van der Waals surface area contributed by atoms with E-state index in [9.17, 15) is 10.2 Å². The van der Waals surface area contributed by atoms with E-state index in [4.69, 9.17) is 0 Å². The first kappa shape index (κ1) is 10.6. The van der Waals surface area contributed by atoms with Gasteiger partial charge in [-0.3, -0.25) is 0 Å². The second-order valence-electron chi connectivity index (χ2n) is 3.51. The van der Waals surface area contributed by atoms with E-state index in [1.54, 1.807) is 19.9 Å². The number of allylic oxidation sites excluding steroid dienone is 2. The molecule has 1 aromatic carbocycles. The maximum atomic E-state index is 9.85. The summed E-state index contributed by atoms with van der Waals surface area (Å²) in [6.45, 7) is 7.40. The molecule has 0 aliphatic heterocycles. The van der Waals surface area contributed by atoms with Crippen LogP contribution in [0.15, 0.2) is 12.1 Å². The molecule has 2 nitrogen and oxygen atoms in total. The molecule has 0 saturated heterocycles. The third-order valence-electron chi connectivity index (χ3n) is 2.70. The first-order chi connectivity index (χ1) is 6.49. The van der Waals surface area contributed by atoms with Gasteiger partial charge in [0.1, 0.15) is 11.5 Å². The lowest BCUT2D eigenvalue weighted by Crippen LogP contribution is -1.89. The average molecular weight is 192 g/mol. The maximum absolute atomic E-state index is 9.85. The molecule has 0 fully saturated rings. The van der Waals surface area contributed by atoms with Crippen LogP contribution in [0.3, 0.4) is 0 Å². The van der Waals surface area contributed by atoms with Crippen molar-refractivity contribution in [1.29, 1.82) is 0 Å². The lowest BCUT2D eigenvalue weighted by molar-refractivity contribution is 0.451. The number of benzene rings is 1. The number of hydrogen-bond donors (Lipinski definition) is 2. The summed E-state index contributed by atoms with van der Waals surface area (Å²) in [7, 11) is 0. The van der Waals surface area contributed by atoms with E-state index in [-0.39, 0.29) is 11.5 Å². The summed E-state index contributed by atoms with van der Waals surface area (Å²) in [5.41, 5.74) is 3.13. The summed E-state index contributed by atoms with van der Waals surface area (Å²) in [5.74, 6) is 0.493. The monoisotopic (exact) mass is 192 g/mol. The minimum atomic E-state index is 0.233. The van der Waals surface area contributed by atoms with Gasteiger partial charge in [0, 0.05) is 5.56 Å². The third-order valence-corrected chi connectivity index (χ3v) is 2.70. The number of rotatable bonds is 1. The van der Waals surface area contributed by atoms with Crippen LogP contribution in [0.4, 0.5) is 0 Å². The van der Waals surface area contributed by atoms with Gasteiger partial charge in [-0.25, -0.2) is 0 Å². The van der Waals surface area contributed by atoms with Crippen LogP contribution in [0.25, 0.3) is 5.57 Å². The highest BCUT2D eigenvalue weighted by Crippen LogP contribution is 2.35. The molecule has 0 spiro atoms. The summed E-state index contributed by atoms with van der Waals surface area (Å²) in [5, 5.41) is 19.5. The molecule has 0 unspecified atom stereocenters. The summed E-state index contributed by atoms with van der Waals surface area (Å²) < 4.78 is 0. The van der Waals surface area contributed by atoms with E-state index in [2.05, 4.69) is 0 Å². The standard InChI is InChI=1S/C12H16O2/c1-5-7(2)10-6-11(13)8(3)9(4)12(10)14/h5-6,13-14H,1-4H3/b7-5+. The minimum absolute atomic E-state index is 0.233. The van der Waals surface area contributed by atoms with Gasteiger partial charge in [0.05, 0.1) is 0 Å². The second-order valence-corrected chi connectivity index (χ2v) is 3.51. The van der Waals surface area contributed by atoms with Gasteiger partial charge in [-0.05, 0) is 50.5 Å². The van der Waals surface area contributed by atoms with Crippen LogP contribution in [0.1, 0.15) is 30.5 Å². The largest absolute Gasteiger partial charge is 0.508 e. The molecule has 0 aliphatic rings. The van der Waals surface area contributed by atoms with Gasteiger partial charge >= 0.3 is 0 Å². The van der Waals surface area contributed by atoms with Crippen LogP contribution >= 0.6 is 0 Å². The molecule has 14 heavy (non-hydrogen) atoms. The van der Waals surface area contributed by atoms with Crippen LogP contribution in [0.5, 0.6) is 11.5 Å². The fourth-order valence-electron chi connectivity index (χ4n) is 1.34. The van der Waals surface area contributed by atoms with E-state index in [0.29, 0.717) is 5.56 Å². The Kier molecular flexibility index (Phi) is 2.84. The fraction of sp³-hybridized carbons (Fsp3) is 0.333. The predicted molar refractivity (Wildman–Crippen MR) is 58.6 cm³/mol. The number of phenolic OH excluding ortho intramolecular Hbond substituents is 2. The average Bonchev–Trinajstić information content (AvgIpc) is 2.19. The van der Waals surface area contributed by atoms with Gasteiger partial charge in [-0.2, -0.15) is 0 Å². The van der Waals surface area contributed by atoms with Crippen molar-refractivity contribution in [3.63, 3.8) is 0 Å². The molecule has 0 bridgehead atoms. The topological polar surface area (TPSA) is 40.5 Å². The molecule has 0 saturated carbocycles. The first-order valence-corrected chi connectivity index (χ1v) is 4.64. The highest BCUT2D eigenvalue weighted by molar-refractivity contribution is 5.72. The van der Waals surface area contributed by atoms with Gasteiger partial charge in [-0.15, -0.1) is 0 Å². The van der Waals surface area contributed by atoms with Crippen molar-refractivity contribution in [2.24, 2.45) is 0 Å². The first-order valence-electron chi connectivity index (χ1n) is 4.64. The van der Waals surface area contributed by atoms with Crippen molar-refractivity contribution in [3.8, 4) is 11.5 Å². The lowest BCUT2D eigenvalue weighted by atomic mass is 9.98. The van der Waals surface area contributed by atoms with Gasteiger partial charge in [0.25, 0.3) is 0 Å². The smallest absolute Gasteiger partial charge is 0.126 e. The van der Waals surface area contributed by atoms with Crippen molar-refractivity contribution < 1.29 is 10.2 Å². The number of aromatic hydroxyl groups is 2. The van der Waals surface area contributed by atoms with E-state index in [0.717, 1.165) is 16.7 Å². The van der Waals surface area contributed by atoms with Crippen molar-refractivity contribution in [2.45, 2.75) is 27.7 Å². The SMILES string of the molecule is C/C=C(\C)c1cc(O)c(C)c(C)c1O. The Morgan fingerprint density at radius 1 is 1.21 bits per heavy atom. The summed E-state index contributed by atoms with van der Waals surface area (Å²) in [6.07, 6.45) is 1.91. The molecule has 0 aliphatic carbocycles. The third kappa shape index (κ3) is 1.60. The summed E-state index contributed by atoms with van der Waals surface area (Å²) in [4.78, 5) is 0. The molecule has 2 heteroatoms. The van der Waals surface area contributed by atoms with E-state index in [1.165, 1.54) is 0 Å².